The van der Waals surface area contributed by atoms with E-state index in [1.54, 1.807) is 5.51 Å². The van der Waals surface area contributed by atoms with Crippen LogP contribution in [0.25, 0.3) is 0 Å². The Kier molecular flexibility index (Phi) is 5.99. The van der Waals surface area contributed by atoms with Gasteiger partial charge in [0.05, 0.1) is 5.51 Å². The van der Waals surface area contributed by atoms with Gasteiger partial charge in [-0.2, -0.15) is 13.2 Å². The number of aliphatic carboxylic acids is 1. The van der Waals surface area contributed by atoms with Crippen molar-refractivity contribution >= 4 is 23.2 Å². The lowest BCUT2D eigenvalue weighted by Crippen LogP contribution is -2.54. The van der Waals surface area contributed by atoms with Crippen LogP contribution < -0.4 is 0 Å². The van der Waals surface area contributed by atoms with Crippen LogP contribution in [0.2, 0.25) is 0 Å². The van der Waals surface area contributed by atoms with E-state index in [2.05, 4.69) is 34.1 Å². The van der Waals surface area contributed by atoms with Gasteiger partial charge in [-0.3, -0.25) is 9.69 Å². The molecule has 1 amide bonds. The monoisotopic (exact) mass is 413 g/mol. The molecule has 3 heterocycles. The first-order valence-corrected chi connectivity index (χ1v) is 9.45. The van der Waals surface area contributed by atoms with Gasteiger partial charge in [0.2, 0.25) is 0 Å². The van der Waals surface area contributed by atoms with Gasteiger partial charge in [0.15, 0.2) is 0 Å². The summed E-state index contributed by atoms with van der Waals surface area (Å²) in [5, 5.41) is 8.96. The van der Waals surface area contributed by atoms with E-state index in [1.165, 1.54) is 16.9 Å². The van der Waals surface area contributed by atoms with E-state index >= 15 is 0 Å². The Balaban J connectivity index is 0.000000279. The Morgan fingerprint density at radius 2 is 1.86 bits per heavy atom. The lowest BCUT2D eigenvalue weighted by molar-refractivity contribution is -0.192. The van der Waals surface area contributed by atoms with E-state index in [1.807, 2.05) is 16.3 Å². The molecule has 2 saturated heterocycles. The number of nitrogens with zero attached hydrogens (tertiary/aromatic N) is 3. The van der Waals surface area contributed by atoms with Gasteiger partial charge in [-0.25, -0.2) is 9.78 Å². The number of halogens is 3. The highest BCUT2D eigenvalue weighted by Gasteiger charge is 2.46. The summed E-state index contributed by atoms with van der Waals surface area (Å²) in [5.41, 5.74) is 3.66. The number of carboxylic acid groups (broad SMARTS) is 1. The quantitative estimate of drug-likeness (QED) is 0.838. The van der Waals surface area contributed by atoms with Crippen molar-refractivity contribution < 1.29 is 27.9 Å². The van der Waals surface area contributed by atoms with Crippen LogP contribution in [-0.2, 0) is 11.3 Å². The maximum atomic E-state index is 12.3. The molecule has 0 radical (unpaired) electrons. The highest BCUT2D eigenvalue weighted by molar-refractivity contribution is 7.07. The standard InChI is InChI=1S/C16H17N3OS.C2HF3O2/c20-16(14-10-21-11-17-14)19-8-13-7-18(15(13)9-19)6-12-4-2-1-3-5-12;3-2(4,5)1(6)7/h1-5,10-11,13,15H,6-9H2;(H,6,7). The van der Waals surface area contributed by atoms with E-state index in [9.17, 15) is 18.0 Å². The molecule has 2 fully saturated rings. The third-order valence-corrected chi connectivity index (χ3v) is 5.34. The van der Waals surface area contributed by atoms with Crippen LogP contribution in [-0.4, -0.2) is 63.6 Å². The number of fused-ring (bicyclic) bond motifs is 1. The first-order chi connectivity index (χ1) is 13.3. The number of alkyl halides is 3. The number of likely N-dealkylation sites (tertiary alicyclic amines) is 2. The molecular weight excluding hydrogens is 395 g/mol. The van der Waals surface area contributed by atoms with Crippen molar-refractivity contribution in [2.24, 2.45) is 5.92 Å². The maximum absolute atomic E-state index is 12.3. The minimum absolute atomic E-state index is 0.0883. The van der Waals surface area contributed by atoms with E-state index in [4.69, 9.17) is 9.90 Å². The molecule has 1 aromatic carbocycles. The fraction of sp³-hybridized carbons (Fsp3) is 0.389. The molecular formula is C18H18F3N3O3S. The second kappa shape index (κ2) is 8.27. The first-order valence-electron chi connectivity index (χ1n) is 8.51. The molecule has 2 unspecified atom stereocenters. The molecule has 10 heteroatoms. The predicted octanol–water partition coefficient (Wildman–Crippen LogP) is 2.73. The zero-order valence-corrected chi connectivity index (χ0v) is 15.5. The molecule has 2 aromatic rings. The topological polar surface area (TPSA) is 73.7 Å². The van der Waals surface area contributed by atoms with E-state index in [0.717, 1.165) is 26.2 Å². The van der Waals surface area contributed by atoms with Crippen molar-refractivity contribution in [3.63, 3.8) is 0 Å². The molecule has 2 aliphatic rings. The summed E-state index contributed by atoms with van der Waals surface area (Å²) < 4.78 is 31.7. The summed E-state index contributed by atoms with van der Waals surface area (Å²) in [4.78, 5) is 29.8. The van der Waals surface area contributed by atoms with Gasteiger partial charge in [0, 0.05) is 43.5 Å². The van der Waals surface area contributed by atoms with Crippen molar-refractivity contribution in [2.75, 3.05) is 19.6 Å². The molecule has 0 spiro atoms. The zero-order valence-electron chi connectivity index (χ0n) is 14.7. The number of rotatable bonds is 3. The van der Waals surface area contributed by atoms with E-state index in [-0.39, 0.29) is 5.91 Å². The fourth-order valence-electron chi connectivity index (χ4n) is 3.39. The number of thiazole rings is 1. The highest BCUT2D eigenvalue weighted by atomic mass is 32.1. The first kappa shape index (κ1) is 20.3. The fourth-order valence-corrected chi connectivity index (χ4v) is 3.92. The van der Waals surface area contributed by atoms with Gasteiger partial charge in [0.25, 0.3) is 5.91 Å². The number of carbonyl (C=O) groups excluding carboxylic acids is 1. The Bertz CT molecular complexity index is 814. The number of carbonyl (C=O) groups is 2. The lowest BCUT2D eigenvalue weighted by Gasteiger charge is -2.43. The number of hydrogen-bond acceptors (Lipinski definition) is 5. The maximum Gasteiger partial charge on any atom is 0.490 e. The largest absolute Gasteiger partial charge is 0.490 e. The molecule has 2 atom stereocenters. The Hall–Kier alpha value is -2.46. The Morgan fingerprint density at radius 3 is 2.43 bits per heavy atom. The summed E-state index contributed by atoms with van der Waals surface area (Å²) in [6.07, 6.45) is -5.08. The number of carboxylic acids is 1. The number of aromatic nitrogens is 1. The number of benzene rings is 1. The van der Waals surface area contributed by atoms with E-state index < -0.39 is 12.1 Å². The summed E-state index contributed by atoms with van der Waals surface area (Å²) in [5.74, 6) is -2.03. The minimum atomic E-state index is -5.08. The summed E-state index contributed by atoms with van der Waals surface area (Å²) in [6, 6.07) is 11.1. The van der Waals surface area contributed by atoms with Crippen molar-refractivity contribution in [3.05, 3.63) is 52.5 Å². The average Bonchev–Trinajstić information content (AvgIpc) is 3.28. The third-order valence-electron chi connectivity index (χ3n) is 4.75. The molecule has 0 aliphatic carbocycles. The molecule has 28 heavy (non-hydrogen) atoms. The zero-order chi connectivity index (χ0) is 20.3. The van der Waals surface area contributed by atoms with Gasteiger partial charge < -0.3 is 10.0 Å². The van der Waals surface area contributed by atoms with Crippen molar-refractivity contribution in [3.8, 4) is 0 Å². The number of amides is 1. The average molecular weight is 413 g/mol. The smallest absolute Gasteiger partial charge is 0.475 e. The highest BCUT2D eigenvalue weighted by Crippen LogP contribution is 2.34. The predicted molar refractivity (Wildman–Crippen MR) is 95.8 cm³/mol. The van der Waals surface area contributed by atoms with Gasteiger partial charge in [-0.05, 0) is 5.56 Å². The van der Waals surface area contributed by atoms with Crippen molar-refractivity contribution in [1.82, 2.24) is 14.8 Å². The van der Waals surface area contributed by atoms with Gasteiger partial charge in [0.1, 0.15) is 5.69 Å². The molecule has 6 nitrogen and oxygen atoms in total. The van der Waals surface area contributed by atoms with Crippen LogP contribution in [0.1, 0.15) is 16.1 Å². The van der Waals surface area contributed by atoms with Crippen LogP contribution in [0.4, 0.5) is 13.2 Å². The van der Waals surface area contributed by atoms with Gasteiger partial charge in [-0.1, -0.05) is 30.3 Å². The van der Waals surface area contributed by atoms with Crippen LogP contribution in [0, 0.1) is 5.92 Å². The third kappa shape index (κ3) is 4.68. The van der Waals surface area contributed by atoms with Gasteiger partial charge in [-0.15, -0.1) is 11.3 Å². The molecule has 1 aromatic heterocycles. The summed E-state index contributed by atoms with van der Waals surface area (Å²) in [6.45, 7) is 3.81. The second-order valence-electron chi connectivity index (χ2n) is 6.63. The Morgan fingerprint density at radius 1 is 1.18 bits per heavy atom. The van der Waals surface area contributed by atoms with Gasteiger partial charge >= 0.3 is 12.1 Å². The molecule has 2 aliphatic heterocycles. The van der Waals surface area contributed by atoms with Crippen molar-refractivity contribution in [1.29, 1.82) is 0 Å². The van der Waals surface area contributed by atoms with Crippen LogP contribution >= 0.6 is 11.3 Å². The SMILES string of the molecule is O=C(O)C(F)(F)F.O=C(c1cscn1)N1CC2CN(Cc3ccccc3)C2C1. The summed E-state index contributed by atoms with van der Waals surface area (Å²) in [7, 11) is 0. The summed E-state index contributed by atoms with van der Waals surface area (Å²) >= 11 is 1.48. The molecule has 4 rings (SSSR count). The van der Waals surface area contributed by atoms with Crippen LogP contribution in [0.15, 0.2) is 41.2 Å². The normalized spacial score (nSPS) is 21.3. The van der Waals surface area contributed by atoms with E-state index in [0.29, 0.717) is 17.7 Å². The van der Waals surface area contributed by atoms with Crippen LogP contribution in [0.3, 0.4) is 0 Å². The van der Waals surface area contributed by atoms with Crippen LogP contribution in [0.5, 0.6) is 0 Å². The number of hydrogen-bond donors (Lipinski definition) is 1. The molecule has 0 bridgehead atoms. The molecule has 150 valence electrons. The minimum Gasteiger partial charge on any atom is -0.475 e. The second-order valence-corrected chi connectivity index (χ2v) is 7.35. The molecule has 0 saturated carbocycles. The Labute approximate surface area is 163 Å². The van der Waals surface area contributed by atoms with Crippen molar-refractivity contribution in [2.45, 2.75) is 18.8 Å². The molecule has 1 N–H and O–H groups in total. The lowest BCUT2D eigenvalue weighted by atomic mass is 9.91.